The highest BCUT2D eigenvalue weighted by atomic mass is 16.2. The lowest BCUT2D eigenvalue weighted by atomic mass is 10.0. The fourth-order valence-electron chi connectivity index (χ4n) is 5.10. The van der Waals surface area contributed by atoms with Crippen molar-refractivity contribution < 1.29 is 9.59 Å². The molecule has 8 heteroatoms. The second-order valence-corrected chi connectivity index (χ2v) is 10.1. The summed E-state index contributed by atoms with van der Waals surface area (Å²) in [6, 6.07) is 9.84. The number of aromatic nitrogens is 3. The molecule has 0 bridgehead atoms. The van der Waals surface area contributed by atoms with Gasteiger partial charge in [0.2, 0.25) is 5.91 Å². The third-order valence-electron chi connectivity index (χ3n) is 7.18. The van der Waals surface area contributed by atoms with Gasteiger partial charge in [-0.2, -0.15) is 0 Å². The van der Waals surface area contributed by atoms with Crippen LogP contribution in [0.15, 0.2) is 55.1 Å². The number of hydrogen-bond acceptors (Lipinski definition) is 5. The summed E-state index contributed by atoms with van der Waals surface area (Å²) in [4.78, 5) is 38.6. The molecule has 0 unspecified atom stereocenters. The molecule has 3 heterocycles. The minimum absolute atomic E-state index is 0.0362. The summed E-state index contributed by atoms with van der Waals surface area (Å²) in [5, 5.41) is 3.07. The van der Waals surface area contributed by atoms with Crippen LogP contribution < -0.4 is 10.2 Å². The van der Waals surface area contributed by atoms with Crippen LogP contribution in [-0.4, -0.2) is 50.9 Å². The lowest BCUT2D eigenvalue weighted by Crippen LogP contribution is -2.33. The topological polar surface area (TPSA) is 83.4 Å². The quantitative estimate of drug-likeness (QED) is 0.459. The summed E-state index contributed by atoms with van der Waals surface area (Å²) in [5.41, 5.74) is 3.69. The van der Waals surface area contributed by atoms with Gasteiger partial charge in [0, 0.05) is 75.7 Å². The zero-order chi connectivity index (χ0) is 26.7. The van der Waals surface area contributed by atoms with E-state index in [2.05, 4.69) is 30.8 Å². The molecule has 1 N–H and O–H groups in total. The molecule has 8 nitrogen and oxygen atoms in total. The molecule has 1 aliphatic heterocycles. The van der Waals surface area contributed by atoms with Crippen LogP contribution in [-0.2, 0) is 24.4 Å². The summed E-state index contributed by atoms with van der Waals surface area (Å²) >= 11 is 0. The van der Waals surface area contributed by atoms with Crippen molar-refractivity contribution in [3.05, 3.63) is 77.6 Å². The molecule has 202 valence electrons. The van der Waals surface area contributed by atoms with Crippen LogP contribution in [0.25, 0.3) is 0 Å². The summed E-state index contributed by atoms with van der Waals surface area (Å²) in [6.07, 6.45) is 13.9. The van der Waals surface area contributed by atoms with Gasteiger partial charge in [-0.25, -0.2) is 4.98 Å². The van der Waals surface area contributed by atoms with E-state index in [-0.39, 0.29) is 11.8 Å². The molecular weight excluding hydrogens is 476 g/mol. The Labute approximate surface area is 226 Å². The highest BCUT2D eigenvalue weighted by molar-refractivity contribution is 5.97. The van der Waals surface area contributed by atoms with Crippen molar-refractivity contribution >= 4 is 17.5 Å². The smallest absolute Gasteiger partial charge is 0.251 e. The monoisotopic (exact) mass is 516 g/mol. The lowest BCUT2D eigenvalue weighted by molar-refractivity contribution is -0.116. The number of nitrogens with zero attached hydrogens (tertiary/aromatic N) is 5. The van der Waals surface area contributed by atoms with E-state index in [4.69, 9.17) is 0 Å². The second kappa shape index (κ2) is 13.9. The first-order valence-corrected chi connectivity index (χ1v) is 13.8. The van der Waals surface area contributed by atoms with Crippen LogP contribution >= 0.6 is 0 Å². The standard InChI is InChI=1S/C30H40N6O2/c1-24-32-15-19-35(24)17-9-14-33-30(38)27-11-12-29-28(20-27)23-34(22-26-10-8-13-31-21-26)16-6-4-3-5-7-18-36(29)25(2)37/h8,10-13,15,19-21H,3-7,9,14,16-18,22-23H2,1-2H3,(H,33,38). The number of aryl methyl sites for hydroxylation is 2. The van der Waals surface area contributed by atoms with E-state index in [0.29, 0.717) is 25.2 Å². The first-order valence-electron chi connectivity index (χ1n) is 13.8. The van der Waals surface area contributed by atoms with Crippen LogP contribution in [0.3, 0.4) is 0 Å². The molecule has 1 aliphatic rings. The zero-order valence-corrected chi connectivity index (χ0v) is 22.7. The fourth-order valence-corrected chi connectivity index (χ4v) is 5.10. The Morgan fingerprint density at radius 1 is 1.03 bits per heavy atom. The molecule has 2 aromatic heterocycles. The fraction of sp³-hybridized carbons (Fsp3) is 0.467. The molecule has 0 radical (unpaired) electrons. The Bertz CT molecular complexity index is 1190. The summed E-state index contributed by atoms with van der Waals surface area (Å²) in [6.45, 7) is 8.10. The summed E-state index contributed by atoms with van der Waals surface area (Å²) in [7, 11) is 0. The largest absolute Gasteiger partial charge is 0.352 e. The predicted octanol–water partition coefficient (Wildman–Crippen LogP) is 4.73. The average molecular weight is 517 g/mol. The van der Waals surface area contributed by atoms with E-state index in [1.807, 2.05) is 48.5 Å². The van der Waals surface area contributed by atoms with Gasteiger partial charge in [0.05, 0.1) is 0 Å². The zero-order valence-electron chi connectivity index (χ0n) is 22.7. The van der Waals surface area contributed by atoms with Gasteiger partial charge >= 0.3 is 0 Å². The van der Waals surface area contributed by atoms with Crippen molar-refractivity contribution in [2.24, 2.45) is 0 Å². The van der Waals surface area contributed by atoms with Gasteiger partial charge in [0.1, 0.15) is 5.82 Å². The Morgan fingerprint density at radius 2 is 1.84 bits per heavy atom. The van der Waals surface area contributed by atoms with Crippen LogP contribution in [0, 0.1) is 6.92 Å². The molecule has 0 saturated carbocycles. The number of imidazole rings is 1. The van der Waals surface area contributed by atoms with E-state index in [9.17, 15) is 9.59 Å². The van der Waals surface area contributed by atoms with Crippen molar-refractivity contribution in [1.29, 1.82) is 0 Å². The van der Waals surface area contributed by atoms with Crippen molar-refractivity contribution in [3.8, 4) is 0 Å². The lowest BCUT2D eigenvalue weighted by Gasteiger charge is -2.29. The number of hydrogen-bond donors (Lipinski definition) is 1. The van der Waals surface area contributed by atoms with Crippen molar-refractivity contribution in [3.63, 3.8) is 0 Å². The van der Waals surface area contributed by atoms with E-state index >= 15 is 0 Å². The number of carbonyl (C=O) groups is 2. The number of pyridine rings is 1. The van der Waals surface area contributed by atoms with E-state index < -0.39 is 0 Å². The molecule has 4 rings (SSSR count). The Hall–Kier alpha value is -3.52. The Kier molecular flexibility index (Phi) is 10.0. The van der Waals surface area contributed by atoms with Crippen molar-refractivity contribution in [2.75, 3.05) is 24.5 Å². The minimum Gasteiger partial charge on any atom is -0.352 e. The van der Waals surface area contributed by atoms with E-state index in [0.717, 1.165) is 68.0 Å². The molecule has 0 saturated heterocycles. The maximum atomic E-state index is 13.1. The third kappa shape index (κ3) is 7.74. The number of rotatable bonds is 7. The normalized spacial score (nSPS) is 15.3. The SMILES string of the molecule is CC(=O)N1CCCCCCCN(Cc2cccnc2)Cc2cc(C(=O)NCCCn3ccnc3C)ccc21. The number of carbonyl (C=O) groups excluding carboxylic acids is 2. The minimum atomic E-state index is -0.0885. The predicted molar refractivity (Wildman–Crippen MR) is 150 cm³/mol. The Balaban J connectivity index is 1.53. The number of benzene rings is 1. The van der Waals surface area contributed by atoms with Gasteiger partial charge in [-0.15, -0.1) is 0 Å². The summed E-state index contributed by atoms with van der Waals surface area (Å²) in [5.74, 6) is 0.922. The number of amides is 2. The third-order valence-corrected chi connectivity index (χ3v) is 7.18. The molecule has 3 aromatic rings. The van der Waals surface area contributed by atoms with Crippen LogP contribution in [0.4, 0.5) is 5.69 Å². The first kappa shape index (κ1) is 27.5. The number of fused-ring (bicyclic) bond motifs is 1. The van der Waals surface area contributed by atoms with Gasteiger partial charge in [-0.05, 0) is 68.1 Å². The molecule has 38 heavy (non-hydrogen) atoms. The van der Waals surface area contributed by atoms with Crippen LogP contribution in [0.2, 0.25) is 0 Å². The molecule has 0 atom stereocenters. The van der Waals surface area contributed by atoms with E-state index in [1.165, 1.54) is 12.8 Å². The van der Waals surface area contributed by atoms with Gasteiger partial charge in [-0.1, -0.05) is 25.3 Å². The van der Waals surface area contributed by atoms with Gasteiger partial charge < -0.3 is 14.8 Å². The van der Waals surface area contributed by atoms with Crippen LogP contribution in [0.5, 0.6) is 0 Å². The molecule has 0 spiro atoms. The first-order chi connectivity index (χ1) is 18.5. The highest BCUT2D eigenvalue weighted by Crippen LogP contribution is 2.26. The van der Waals surface area contributed by atoms with E-state index in [1.54, 1.807) is 19.3 Å². The van der Waals surface area contributed by atoms with Gasteiger partial charge in [0.25, 0.3) is 5.91 Å². The summed E-state index contributed by atoms with van der Waals surface area (Å²) < 4.78 is 2.08. The number of anilines is 1. The maximum absolute atomic E-state index is 13.1. The maximum Gasteiger partial charge on any atom is 0.251 e. The molecule has 0 aliphatic carbocycles. The van der Waals surface area contributed by atoms with Gasteiger partial charge in [-0.3, -0.25) is 19.5 Å². The molecule has 2 amide bonds. The molecule has 1 aromatic carbocycles. The number of nitrogens with one attached hydrogen (secondary N) is 1. The molecular formula is C30H40N6O2. The van der Waals surface area contributed by atoms with Crippen molar-refractivity contribution in [2.45, 2.75) is 72.0 Å². The van der Waals surface area contributed by atoms with Gasteiger partial charge in [0.15, 0.2) is 0 Å². The average Bonchev–Trinajstić information content (AvgIpc) is 3.32. The highest BCUT2D eigenvalue weighted by Gasteiger charge is 2.20. The van der Waals surface area contributed by atoms with Crippen LogP contribution in [0.1, 0.15) is 72.8 Å². The molecule has 0 fully saturated rings. The second-order valence-electron chi connectivity index (χ2n) is 10.1. The van der Waals surface area contributed by atoms with Crippen molar-refractivity contribution in [1.82, 2.24) is 24.8 Å². The Morgan fingerprint density at radius 3 is 2.58 bits per heavy atom.